The number of likely N-dealkylation sites (tertiary alicyclic amines) is 1. The fraction of sp³-hybridized carbons (Fsp3) is 0.417. The molecule has 2 heterocycles. The SMILES string of the molecule is CN1CCN(c2ccccc2NC(=O)[C@H]2CCCN(C(=O)c3ccc(Cl)cc3)C2)CC1. The molecule has 2 aromatic carbocycles. The Bertz CT molecular complexity index is 925. The summed E-state index contributed by atoms with van der Waals surface area (Å²) in [7, 11) is 2.13. The summed E-state index contributed by atoms with van der Waals surface area (Å²) in [5.41, 5.74) is 2.51. The standard InChI is InChI=1S/C24H29ClN4O2/c1-27-13-15-28(16-14-27)22-7-3-2-6-21(22)26-23(30)19-5-4-12-29(17-19)24(31)18-8-10-20(25)11-9-18/h2-3,6-11,19H,4-5,12-17H2,1H3,(H,26,30)/t19-/m0/s1. The van der Waals surface area contributed by atoms with Crippen molar-refractivity contribution >= 4 is 34.8 Å². The van der Waals surface area contributed by atoms with E-state index in [1.807, 2.05) is 18.2 Å². The van der Waals surface area contributed by atoms with Crippen LogP contribution in [0.25, 0.3) is 0 Å². The van der Waals surface area contributed by atoms with Gasteiger partial charge >= 0.3 is 0 Å². The Kier molecular flexibility index (Phi) is 6.78. The van der Waals surface area contributed by atoms with Crippen molar-refractivity contribution in [3.05, 3.63) is 59.1 Å². The maximum absolute atomic E-state index is 13.1. The molecule has 0 aromatic heterocycles. The van der Waals surface area contributed by atoms with Gasteiger partial charge in [0, 0.05) is 49.9 Å². The molecule has 164 valence electrons. The number of piperidine rings is 1. The highest BCUT2D eigenvalue weighted by molar-refractivity contribution is 6.30. The number of carbonyl (C=O) groups excluding carboxylic acids is 2. The number of hydrogen-bond acceptors (Lipinski definition) is 4. The van der Waals surface area contributed by atoms with Gasteiger partial charge in [-0.05, 0) is 56.3 Å². The number of amides is 2. The Morgan fingerprint density at radius 2 is 1.68 bits per heavy atom. The number of hydrogen-bond donors (Lipinski definition) is 1. The fourth-order valence-corrected chi connectivity index (χ4v) is 4.41. The van der Waals surface area contributed by atoms with Crippen molar-refractivity contribution in [1.82, 2.24) is 9.80 Å². The summed E-state index contributed by atoms with van der Waals surface area (Å²) in [5, 5.41) is 3.75. The Balaban J connectivity index is 1.42. The van der Waals surface area contributed by atoms with Gasteiger partial charge in [0.15, 0.2) is 0 Å². The predicted octanol–water partition coefficient (Wildman–Crippen LogP) is 3.58. The van der Waals surface area contributed by atoms with Gasteiger partial charge in [-0.25, -0.2) is 0 Å². The molecule has 1 atom stereocenters. The van der Waals surface area contributed by atoms with Crippen LogP contribution in [0, 0.1) is 5.92 Å². The van der Waals surface area contributed by atoms with Crippen LogP contribution in [0.15, 0.2) is 48.5 Å². The van der Waals surface area contributed by atoms with E-state index in [0.29, 0.717) is 23.7 Å². The van der Waals surface area contributed by atoms with Gasteiger partial charge in [-0.1, -0.05) is 23.7 Å². The first-order valence-electron chi connectivity index (χ1n) is 10.9. The lowest BCUT2D eigenvalue weighted by atomic mass is 9.96. The average molecular weight is 441 g/mol. The molecule has 2 saturated heterocycles. The molecule has 0 spiro atoms. The van der Waals surface area contributed by atoms with Crippen LogP contribution in [-0.4, -0.2) is 67.9 Å². The van der Waals surface area contributed by atoms with Crippen molar-refractivity contribution in [2.45, 2.75) is 12.8 Å². The van der Waals surface area contributed by atoms with Crippen LogP contribution in [-0.2, 0) is 4.79 Å². The molecule has 2 amide bonds. The van der Waals surface area contributed by atoms with Crippen molar-refractivity contribution in [2.24, 2.45) is 5.92 Å². The highest BCUT2D eigenvalue weighted by Crippen LogP contribution is 2.28. The molecule has 0 saturated carbocycles. The van der Waals surface area contributed by atoms with Crippen LogP contribution in [0.5, 0.6) is 0 Å². The molecule has 2 aliphatic heterocycles. The highest BCUT2D eigenvalue weighted by Gasteiger charge is 2.29. The van der Waals surface area contributed by atoms with E-state index in [2.05, 4.69) is 28.2 Å². The van der Waals surface area contributed by atoms with Gasteiger partial charge in [0.2, 0.25) is 5.91 Å². The van der Waals surface area contributed by atoms with Gasteiger partial charge in [-0.2, -0.15) is 0 Å². The second-order valence-corrected chi connectivity index (χ2v) is 8.83. The Hall–Kier alpha value is -2.57. The van der Waals surface area contributed by atoms with Crippen LogP contribution in [0.3, 0.4) is 0 Å². The number of anilines is 2. The number of nitrogens with one attached hydrogen (secondary N) is 1. The van der Waals surface area contributed by atoms with Crippen molar-refractivity contribution in [3.8, 4) is 0 Å². The van der Waals surface area contributed by atoms with E-state index in [1.165, 1.54) is 0 Å². The molecular formula is C24H29ClN4O2. The van der Waals surface area contributed by atoms with Crippen LogP contribution >= 0.6 is 11.6 Å². The maximum Gasteiger partial charge on any atom is 0.253 e. The number of piperazine rings is 1. The lowest BCUT2D eigenvalue weighted by molar-refractivity contribution is -0.121. The Morgan fingerprint density at radius 3 is 2.42 bits per heavy atom. The number of halogens is 1. The summed E-state index contributed by atoms with van der Waals surface area (Å²) in [5.74, 6) is -0.285. The van der Waals surface area contributed by atoms with Gasteiger partial charge in [0.25, 0.3) is 5.91 Å². The molecule has 0 unspecified atom stereocenters. The Morgan fingerprint density at radius 1 is 0.968 bits per heavy atom. The fourth-order valence-electron chi connectivity index (χ4n) is 4.29. The van der Waals surface area contributed by atoms with Crippen LogP contribution in [0.4, 0.5) is 11.4 Å². The number of benzene rings is 2. The quantitative estimate of drug-likeness (QED) is 0.789. The zero-order valence-electron chi connectivity index (χ0n) is 17.9. The molecule has 2 aliphatic rings. The first-order valence-corrected chi connectivity index (χ1v) is 11.3. The maximum atomic E-state index is 13.1. The van der Waals surface area contributed by atoms with Gasteiger partial charge in [-0.3, -0.25) is 9.59 Å². The Labute approximate surface area is 188 Å². The summed E-state index contributed by atoms with van der Waals surface area (Å²) < 4.78 is 0. The topological polar surface area (TPSA) is 55.9 Å². The number of rotatable bonds is 4. The molecule has 1 N–H and O–H groups in total. The summed E-state index contributed by atoms with van der Waals surface area (Å²) >= 11 is 5.94. The predicted molar refractivity (Wildman–Crippen MR) is 125 cm³/mol. The van der Waals surface area contributed by atoms with Crippen molar-refractivity contribution < 1.29 is 9.59 Å². The molecular weight excluding hydrogens is 412 g/mol. The van der Waals surface area contributed by atoms with Crippen molar-refractivity contribution in [3.63, 3.8) is 0 Å². The number of nitrogens with zero attached hydrogens (tertiary/aromatic N) is 3. The normalized spacial score (nSPS) is 19.9. The molecule has 7 heteroatoms. The number of likely N-dealkylation sites (N-methyl/N-ethyl adjacent to an activating group) is 1. The van der Waals surface area contributed by atoms with Crippen molar-refractivity contribution in [2.75, 3.05) is 56.5 Å². The van der Waals surface area contributed by atoms with E-state index in [1.54, 1.807) is 29.2 Å². The molecule has 2 fully saturated rings. The first-order chi connectivity index (χ1) is 15.0. The summed E-state index contributed by atoms with van der Waals surface area (Å²) in [6, 6.07) is 14.9. The van der Waals surface area contributed by atoms with E-state index in [-0.39, 0.29) is 17.7 Å². The highest BCUT2D eigenvalue weighted by atomic mass is 35.5. The average Bonchev–Trinajstić information content (AvgIpc) is 2.80. The van der Waals surface area contributed by atoms with E-state index in [4.69, 9.17) is 11.6 Å². The largest absolute Gasteiger partial charge is 0.367 e. The molecule has 0 radical (unpaired) electrons. The summed E-state index contributed by atoms with van der Waals surface area (Å²) in [4.78, 5) is 32.4. The molecule has 6 nitrogen and oxygen atoms in total. The van der Waals surface area contributed by atoms with Crippen LogP contribution in [0.2, 0.25) is 5.02 Å². The second kappa shape index (κ2) is 9.71. The third kappa shape index (κ3) is 5.20. The minimum Gasteiger partial charge on any atom is -0.367 e. The molecule has 31 heavy (non-hydrogen) atoms. The monoisotopic (exact) mass is 440 g/mol. The van der Waals surface area contributed by atoms with Crippen molar-refractivity contribution in [1.29, 1.82) is 0 Å². The van der Waals surface area contributed by atoms with Gasteiger partial charge < -0.3 is 20.0 Å². The smallest absolute Gasteiger partial charge is 0.253 e. The minimum atomic E-state index is -0.217. The summed E-state index contributed by atoms with van der Waals surface area (Å²) in [6.07, 6.45) is 1.60. The second-order valence-electron chi connectivity index (χ2n) is 8.39. The van der Waals surface area contributed by atoms with E-state index < -0.39 is 0 Å². The lowest BCUT2D eigenvalue weighted by Crippen LogP contribution is -2.45. The third-order valence-corrected chi connectivity index (χ3v) is 6.43. The van der Waals surface area contributed by atoms with E-state index in [0.717, 1.165) is 50.4 Å². The number of para-hydroxylation sites is 2. The van der Waals surface area contributed by atoms with Gasteiger partial charge in [0.05, 0.1) is 17.3 Å². The zero-order valence-corrected chi connectivity index (χ0v) is 18.6. The molecule has 0 bridgehead atoms. The van der Waals surface area contributed by atoms with Gasteiger partial charge in [0.1, 0.15) is 0 Å². The lowest BCUT2D eigenvalue weighted by Gasteiger charge is -2.35. The van der Waals surface area contributed by atoms with Crippen LogP contribution < -0.4 is 10.2 Å². The van der Waals surface area contributed by atoms with Crippen LogP contribution in [0.1, 0.15) is 23.2 Å². The van der Waals surface area contributed by atoms with E-state index in [9.17, 15) is 9.59 Å². The van der Waals surface area contributed by atoms with E-state index >= 15 is 0 Å². The molecule has 0 aliphatic carbocycles. The third-order valence-electron chi connectivity index (χ3n) is 6.18. The summed E-state index contributed by atoms with van der Waals surface area (Å²) in [6.45, 7) is 5.00. The molecule has 4 rings (SSSR count). The zero-order chi connectivity index (χ0) is 21.8. The number of carbonyl (C=O) groups is 2. The minimum absolute atomic E-state index is 0.0183. The first kappa shape index (κ1) is 21.7. The van der Waals surface area contributed by atoms with Gasteiger partial charge in [-0.15, -0.1) is 0 Å². The molecule has 2 aromatic rings.